The van der Waals surface area contributed by atoms with Gasteiger partial charge in [0.1, 0.15) is 11.4 Å². The van der Waals surface area contributed by atoms with Crippen LogP contribution < -0.4 is 0 Å². The van der Waals surface area contributed by atoms with Crippen LogP contribution in [0.25, 0.3) is 0 Å². The Kier molecular flexibility index (Phi) is 5.92. The van der Waals surface area contributed by atoms with Crippen LogP contribution in [0.2, 0.25) is 0 Å². The first-order valence-electron chi connectivity index (χ1n) is 9.31. The summed E-state index contributed by atoms with van der Waals surface area (Å²) in [6.07, 6.45) is 1.71. The largest absolute Gasteiger partial charge is 0.462 e. The highest BCUT2D eigenvalue weighted by Gasteiger charge is 2.41. The molecule has 0 fully saturated rings. The minimum absolute atomic E-state index is 0.266. The van der Waals surface area contributed by atoms with Gasteiger partial charge in [0.15, 0.2) is 0 Å². The average Bonchev–Trinajstić information content (AvgIpc) is 3.01. The molecule has 0 saturated carbocycles. The number of hydrogen-bond acceptors (Lipinski definition) is 4. The standard InChI is InChI=1S/C22H26FNO3/c1-4-26-21(25)16-6-11-20-17(14-16)15-27-22(20,12-5-13-24(2)3)18-7-9-19(23)10-8-18/h6-11,14H,4-5,12-13,15H2,1-3H3/t22-/m1/s1. The lowest BCUT2D eigenvalue weighted by Crippen LogP contribution is -2.28. The molecule has 0 amide bonds. The average molecular weight is 371 g/mol. The van der Waals surface area contributed by atoms with Crippen LogP contribution in [0, 0.1) is 5.82 Å². The van der Waals surface area contributed by atoms with Gasteiger partial charge >= 0.3 is 5.97 Å². The van der Waals surface area contributed by atoms with Gasteiger partial charge in [0, 0.05) is 0 Å². The van der Waals surface area contributed by atoms with Gasteiger partial charge in [0.05, 0.1) is 18.8 Å². The van der Waals surface area contributed by atoms with Gasteiger partial charge in [0.25, 0.3) is 0 Å². The minimum Gasteiger partial charge on any atom is -0.462 e. The Balaban J connectivity index is 1.98. The Hall–Kier alpha value is -2.24. The van der Waals surface area contributed by atoms with Crippen molar-refractivity contribution in [2.45, 2.75) is 32.0 Å². The molecule has 1 aliphatic rings. The van der Waals surface area contributed by atoms with E-state index in [-0.39, 0.29) is 11.8 Å². The minimum atomic E-state index is -0.619. The van der Waals surface area contributed by atoms with Crippen molar-refractivity contribution >= 4 is 5.97 Å². The van der Waals surface area contributed by atoms with E-state index in [0.717, 1.165) is 36.1 Å². The summed E-state index contributed by atoms with van der Waals surface area (Å²) in [6, 6.07) is 12.1. The van der Waals surface area contributed by atoms with Gasteiger partial charge in [-0.15, -0.1) is 0 Å². The van der Waals surface area contributed by atoms with E-state index >= 15 is 0 Å². The SMILES string of the molecule is CCOC(=O)c1ccc2c(c1)CO[C@]2(CCCN(C)C)c1ccc(F)cc1. The molecule has 2 aromatic carbocycles. The van der Waals surface area contributed by atoms with E-state index in [1.807, 2.05) is 26.2 Å². The number of esters is 1. The lowest BCUT2D eigenvalue weighted by Gasteiger charge is -2.31. The predicted molar refractivity (Wildman–Crippen MR) is 102 cm³/mol. The Morgan fingerprint density at radius 2 is 1.96 bits per heavy atom. The summed E-state index contributed by atoms with van der Waals surface area (Å²) in [5, 5.41) is 0. The molecule has 0 spiro atoms. The van der Waals surface area contributed by atoms with Gasteiger partial charge in [0.2, 0.25) is 0 Å². The van der Waals surface area contributed by atoms with Crippen LogP contribution in [0.4, 0.5) is 4.39 Å². The number of fused-ring (bicyclic) bond motifs is 1. The molecule has 0 aromatic heterocycles. The maximum atomic E-state index is 13.5. The van der Waals surface area contributed by atoms with Crippen molar-refractivity contribution in [1.29, 1.82) is 0 Å². The molecule has 1 heterocycles. The molecule has 1 atom stereocenters. The van der Waals surface area contributed by atoms with Gasteiger partial charge < -0.3 is 14.4 Å². The fourth-order valence-electron chi connectivity index (χ4n) is 3.68. The number of halogens is 1. The van der Waals surface area contributed by atoms with E-state index in [0.29, 0.717) is 18.8 Å². The zero-order valence-corrected chi connectivity index (χ0v) is 16.1. The monoisotopic (exact) mass is 371 g/mol. The zero-order valence-electron chi connectivity index (χ0n) is 16.1. The number of hydrogen-bond donors (Lipinski definition) is 0. The Labute approximate surface area is 159 Å². The maximum Gasteiger partial charge on any atom is 0.338 e. The summed E-state index contributed by atoms with van der Waals surface area (Å²) >= 11 is 0. The number of nitrogens with zero attached hydrogens (tertiary/aromatic N) is 1. The molecule has 0 aliphatic carbocycles. The van der Waals surface area contributed by atoms with Crippen LogP contribution in [0.5, 0.6) is 0 Å². The molecule has 0 unspecified atom stereocenters. The highest BCUT2D eigenvalue weighted by Crippen LogP contribution is 2.45. The van der Waals surface area contributed by atoms with E-state index in [1.165, 1.54) is 12.1 Å². The van der Waals surface area contributed by atoms with Crippen LogP contribution in [-0.2, 0) is 21.7 Å². The van der Waals surface area contributed by atoms with Crippen molar-refractivity contribution in [3.63, 3.8) is 0 Å². The van der Waals surface area contributed by atoms with E-state index in [4.69, 9.17) is 9.47 Å². The van der Waals surface area contributed by atoms with E-state index in [1.54, 1.807) is 25.1 Å². The van der Waals surface area contributed by atoms with Crippen molar-refractivity contribution in [3.05, 3.63) is 70.5 Å². The first-order valence-corrected chi connectivity index (χ1v) is 9.31. The molecule has 0 N–H and O–H groups in total. The quantitative estimate of drug-likeness (QED) is 0.687. The third kappa shape index (κ3) is 4.04. The van der Waals surface area contributed by atoms with Crippen LogP contribution in [-0.4, -0.2) is 38.1 Å². The molecule has 4 nitrogen and oxygen atoms in total. The molecule has 1 aliphatic heterocycles. The highest BCUT2D eigenvalue weighted by atomic mass is 19.1. The first kappa shape index (κ1) is 19.5. The van der Waals surface area contributed by atoms with Crippen molar-refractivity contribution in [2.24, 2.45) is 0 Å². The van der Waals surface area contributed by atoms with Crippen LogP contribution >= 0.6 is 0 Å². The van der Waals surface area contributed by atoms with Gasteiger partial charge in [-0.25, -0.2) is 9.18 Å². The zero-order chi connectivity index (χ0) is 19.4. The molecular weight excluding hydrogens is 345 g/mol. The van der Waals surface area contributed by atoms with Gasteiger partial charge in [-0.2, -0.15) is 0 Å². The second-order valence-electron chi connectivity index (χ2n) is 7.12. The lowest BCUT2D eigenvalue weighted by molar-refractivity contribution is -0.0140. The second-order valence-corrected chi connectivity index (χ2v) is 7.12. The smallest absolute Gasteiger partial charge is 0.338 e. The van der Waals surface area contributed by atoms with E-state index in [2.05, 4.69) is 4.90 Å². The van der Waals surface area contributed by atoms with Crippen molar-refractivity contribution in [1.82, 2.24) is 4.90 Å². The third-order valence-corrected chi connectivity index (χ3v) is 4.97. The van der Waals surface area contributed by atoms with Crippen molar-refractivity contribution in [2.75, 3.05) is 27.2 Å². The fraction of sp³-hybridized carbons (Fsp3) is 0.409. The summed E-state index contributed by atoms with van der Waals surface area (Å²) in [5.74, 6) is -0.592. The molecule has 2 aromatic rings. The normalized spacial score (nSPS) is 18.6. The number of ether oxygens (including phenoxy) is 2. The number of benzene rings is 2. The van der Waals surface area contributed by atoms with Crippen LogP contribution in [0.15, 0.2) is 42.5 Å². The summed E-state index contributed by atoms with van der Waals surface area (Å²) in [5.41, 5.74) is 2.87. The van der Waals surface area contributed by atoms with Crippen LogP contribution in [0.3, 0.4) is 0 Å². The number of rotatable bonds is 7. The Morgan fingerprint density at radius 3 is 2.63 bits per heavy atom. The van der Waals surface area contributed by atoms with Crippen molar-refractivity contribution in [3.8, 4) is 0 Å². The molecule has 5 heteroatoms. The Bertz CT molecular complexity index is 804. The van der Waals surface area contributed by atoms with Gasteiger partial charge in [-0.3, -0.25) is 0 Å². The van der Waals surface area contributed by atoms with Crippen molar-refractivity contribution < 1.29 is 18.7 Å². The summed E-state index contributed by atoms with van der Waals surface area (Å²) in [6.45, 7) is 3.49. The molecule has 0 radical (unpaired) electrons. The summed E-state index contributed by atoms with van der Waals surface area (Å²) < 4.78 is 24.9. The lowest BCUT2D eigenvalue weighted by atomic mass is 9.81. The predicted octanol–water partition coefficient (Wildman–Crippen LogP) is 4.12. The molecule has 0 bridgehead atoms. The number of carbonyl (C=O) groups is 1. The van der Waals surface area contributed by atoms with Crippen LogP contribution in [0.1, 0.15) is 46.8 Å². The topological polar surface area (TPSA) is 38.8 Å². The maximum absolute atomic E-state index is 13.5. The molecule has 0 saturated heterocycles. The molecule has 3 rings (SSSR count). The first-order chi connectivity index (χ1) is 13.0. The summed E-state index contributed by atoms with van der Waals surface area (Å²) in [7, 11) is 4.08. The molecular formula is C22H26FNO3. The Morgan fingerprint density at radius 1 is 1.22 bits per heavy atom. The summed E-state index contributed by atoms with van der Waals surface area (Å²) in [4.78, 5) is 14.2. The number of carbonyl (C=O) groups excluding carboxylic acids is 1. The molecule has 144 valence electrons. The molecule has 27 heavy (non-hydrogen) atoms. The second kappa shape index (κ2) is 8.19. The van der Waals surface area contributed by atoms with Gasteiger partial charge in [-0.05, 0) is 81.4 Å². The fourth-order valence-corrected chi connectivity index (χ4v) is 3.68. The van der Waals surface area contributed by atoms with E-state index < -0.39 is 5.60 Å². The van der Waals surface area contributed by atoms with E-state index in [9.17, 15) is 9.18 Å². The third-order valence-electron chi connectivity index (χ3n) is 4.97. The highest BCUT2D eigenvalue weighted by molar-refractivity contribution is 5.89. The van der Waals surface area contributed by atoms with Gasteiger partial charge in [-0.1, -0.05) is 18.2 Å².